The molecular weight excluding hydrogens is 215 g/mol. The maximum absolute atomic E-state index is 10.1. The molecule has 7 heteroatoms. The van der Waals surface area contributed by atoms with Crippen LogP contribution in [0.25, 0.3) is 0 Å². The molecule has 0 fully saturated rings. The largest absolute Gasteiger partial charge is 1.00 e. The topological polar surface area (TPSA) is 75.7 Å². The van der Waals surface area contributed by atoms with Gasteiger partial charge in [0.25, 0.3) is 0 Å². The maximum Gasteiger partial charge on any atom is 1.00 e. The molecule has 1 unspecified atom stereocenters. The fourth-order valence-electron chi connectivity index (χ4n) is 0.972. The number of hydrogen-bond acceptors (Lipinski definition) is 5. The Morgan fingerprint density at radius 1 is 1.27 bits per heavy atom. The van der Waals surface area contributed by atoms with Crippen LogP contribution in [0.1, 0.15) is 39.5 Å². The van der Waals surface area contributed by atoms with Gasteiger partial charge in [-0.05, 0) is 13.3 Å². The molecule has 0 heterocycles. The second-order valence-electron chi connectivity index (χ2n) is 3.00. The Kier molecular flexibility index (Phi) is 11.4. The van der Waals surface area contributed by atoms with E-state index in [1.54, 1.807) is 0 Å². The van der Waals surface area contributed by atoms with Gasteiger partial charge in [0.15, 0.2) is 6.29 Å². The van der Waals surface area contributed by atoms with Gasteiger partial charge in [-0.3, -0.25) is 0 Å². The average Bonchev–Trinajstić information content (AvgIpc) is 2.00. The molecule has 0 aromatic carbocycles. The van der Waals surface area contributed by atoms with Crippen molar-refractivity contribution in [1.29, 1.82) is 0 Å². The van der Waals surface area contributed by atoms with Gasteiger partial charge >= 0.3 is 18.9 Å². The molecule has 86 valence electrons. The van der Waals surface area contributed by atoms with Crippen molar-refractivity contribution in [2.24, 2.45) is 0 Å². The molecule has 0 spiro atoms. The van der Waals surface area contributed by atoms with Crippen molar-refractivity contribution >= 4 is 10.4 Å². The van der Waals surface area contributed by atoms with Crippen LogP contribution in [-0.4, -0.2) is 25.9 Å². The molecule has 0 amide bonds. The third-order valence-corrected chi connectivity index (χ3v) is 2.11. The molecule has 1 atom stereocenters. The number of ether oxygens (including phenoxy) is 1. The molecular formula is C8H17LiO5S. The minimum absolute atomic E-state index is 0. The summed E-state index contributed by atoms with van der Waals surface area (Å²) in [6.45, 7) is 3.89. The normalized spacial score (nSPS) is 13.3. The Labute approximate surface area is 104 Å². The minimum Gasteiger partial charge on any atom is -0.725 e. The Morgan fingerprint density at radius 2 is 1.87 bits per heavy atom. The summed E-state index contributed by atoms with van der Waals surface area (Å²) in [4.78, 5) is 0. The van der Waals surface area contributed by atoms with Crippen LogP contribution in [0, 0.1) is 0 Å². The van der Waals surface area contributed by atoms with Crippen LogP contribution < -0.4 is 18.9 Å². The molecule has 0 radical (unpaired) electrons. The Hall–Kier alpha value is 0.427. The molecule has 0 saturated carbocycles. The van der Waals surface area contributed by atoms with Gasteiger partial charge in [0, 0.05) is 6.61 Å². The molecule has 15 heavy (non-hydrogen) atoms. The molecule has 0 rings (SSSR count). The number of unbranched alkanes of at least 4 members (excludes halogenated alkanes) is 3. The van der Waals surface area contributed by atoms with Crippen molar-refractivity contribution in [3.8, 4) is 0 Å². The van der Waals surface area contributed by atoms with E-state index < -0.39 is 16.7 Å². The van der Waals surface area contributed by atoms with Crippen molar-refractivity contribution in [2.75, 3.05) is 6.61 Å². The third kappa shape index (κ3) is 14.4. The quantitative estimate of drug-likeness (QED) is 0.166. The van der Waals surface area contributed by atoms with Crippen molar-refractivity contribution in [2.45, 2.75) is 45.8 Å². The molecule has 5 nitrogen and oxygen atoms in total. The van der Waals surface area contributed by atoms with Gasteiger partial charge in [-0.2, -0.15) is 0 Å². The van der Waals surface area contributed by atoms with E-state index in [1.807, 2.05) is 0 Å². The van der Waals surface area contributed by atoms with E-state index >= 15 is 0 Å². The molecule has 0 aromatic heterocycles. The third-order valence-electron chi connectivity index (χ3n) is 1.60. The van der Waals surface area contributed by atoms with Crippen molar-refractivity contribution < 1.29 is 40.8 Å². The zero-order valence-corrected chi connectivity index (χ0v) is 10.4. The van der Waals surface area contributed by atoms with Crippen LogP contribution in [0.15, 0.2) is 0 Å². The van der Waals surface area contributed by atoms with Gasteiger partial charge < -0.3 is 9.29 Å². The molecule has 0 bridgehead atoms. The van der Waals surface area contributed by atoms with Gasteiger partial charge in [0.2, 0.25) is 10.4 Å². The summed E-state index contributed by atoms with van der Waals surface area (Å²) >= 11 is 0. The summed E-state index contributed by atoms with van der Waals surface area (Å²) in [5.41, 5.74) is 0. The van der Waals surface area contributed by atoms with Crippen LogP contribution in [0.2, 0.25) is 0 Å². The fraction of sp³-hybridized carbons (Fsp3) is 1.00. The van der Waals surface area contributed by atoms with Crippen molar-refractivity contribution in [3.63, 3.8) is 0 Å². The summed E-state index contributed by atoms with van der Waals surface area (Å²) in [5, 5.41) is 0. The first-order valence-electron chi connectivity index (χ1n) is 4.71. The van der Waals surface area contributed by atoms with E-state index in [1.165, 1.54) is 6.92 Å². The van der Waals surface area contributed by atoms with E-state index in [9.17, 15) is 13.0 Å². The molecule has 0 N–H and O–H groups in total. The molecule has 0 saturated heterocycles. The number of rotatable bonds is 8. The van der Waals surface area contributed by atoms with Crippen LogP contribution in [0.4, 0.5) is 0 Å². The van der Waals surface area contributed by atoms with Crippen LogP contribution in [0.3, 0.4) is 0 Å². The molecule has 0 aliphatic rings. The van der Waals surface area contributed by atoms with Crippen LogP contribution >= 0.6 is 0 Å². The van der Waals surface area contributed by atoms with Crippen molar-refractivity contribution in [3.05, 3.63) is 0 Å². The Morgan fingerprint density at radius 3 is 2.33 bits per heavy atom. The molecule has 0 aromatic rings. The minimum atomic E-state index is -4.65. The van der Waals surface area contributed by atoms with E-state index in [2.05, 4.69) is 11.1 Å². The first-order valence-corrected chi connectivity index (χ1v) is 6.04. The zero-order valence-electron chi connectivity index (χ0n) is 9.56. The van der Waals surface area contributed by atoms with E-state index in [-0.39, 0.29) is 18.9 Å². The predicted molar refractivity (Wildman–Crippen MR) is 50.3 cm³/mol. The standard InChI is InChI=1S/C8H18O5S.Li/c1-3-4-5-6-7-12-8(2)13-14(9,10)11;/h8H,3-7H2,1-2H3,(H,9,10,11);/q;+1/p-1. The van der Waals surface area contributed by atoms with Crippen LogP contribution in [-0.2, 0) is 19.3 Å². The maximum atomic E-state index is 10.1. The van der Waals surface area contributed by atoms with E-state index in [0.717, 1.165) is 25.7 Å². The van der Waals surface area contributed by atoms with E-state index in [4.69, 9.17) is 4.74 Å². The smallest absolute Gasteiger partial charge is 0.725 e. The van der Waals surface area contributed by atoms with Crippen LogP contribution in [0.5, 0.6) is 0 Å². The summed E-state index contributed by atoms with van der Waals surface area (Å²) in [6.07, 6.45) is 3.15. The second-order valence-corrected chi connectivity index (χ2v) is 4.01. The molecule has 0 aliphatic heterocycles. The van der Waals surface area contributed by atoms with E-state index in [0.29, 0.717) is 6.61 Å². The van der Waals surface area contributed by atoms with Gasteiger partial charge in [0.05, 0.1) is 0 Å². The Bertz CT molecular complexity index is 229. The predicted octanol–water partition coefficient (Wildman–Crippen LogP) is -1.59. The first-order chi connectivity index (χ1) is 6.45. The second kappa shape index (κ2) is 9.64. The monoisotopic (exact) mass is 232 g/mol. The molecule has 0 aliphatic carbocycles. The van der Waals surface area contributed by atoms with Gasteiger partial charge in [0.1, 0.15) is 0 Å². The summed E-state index contributed by atoms with van der Waals surface area (Å²) < 4.78 is 39.4. The number of hydrogen-bond donors (Lipinski definition) is 0. The summed E-state index contributed by atoms with van der Waals surface area (Å²) in [6, 6.07) is 0. The zero-order chi connectivity index (χ0) is 11.0. The summed E-state index contributed by atoms with van der Waals surface area (Å²) in [7, 11) is -4.65. The van der Waals surface area contributed by atoms with Gasteiger partial charge in [-0.1, -0.05) is 26.2 Å². The fourth-order valence-corrected chi connectivity index (χ4v) is 1.36. The SMILES string of the molecule is CCCCCCOC(C)OS(=O)(=O)[O-].[Li+]. The average molecular weight is 232 g/mol. The summed E-state index contributed by atoms with van der Waals surface area (Å²) in [5.74, 6) is 0. The Balaban J connectivity index is 0. The van der Waals surface area contributed by atoms with Gasteiger partial charge in [-0.25, -0.2) is 12.6 Å². The first kappa shape index (κ1) is 17.8. The van der Waals surface area contributed by atoms with Gasteiger partial charge in [-0.15, -0.1) is 0 Å². The van der Waals surface area contributed by atoms with Crippen molar-refractivity contribution in [1.82, 2.24) is 0 Å².